The zero-order valence-corrected chi connectivity index (χ0v) is 21.2. The number of carbonyl (C=O) groups is 2. The molecule has 0 aromatic heterocycles. The van der Waals surface area contributed by atoms with Gasteiger partial charge in [-0.15, -0.1) is 0 Å². The summed E-state index contributed by atoms with van der Waals surface area (Å²) in [7, 11) is -4.23. The van der Waals surface area contributed by atoms with Crippen molar-refractivity contribution in [2.45, 2.75) is 17.7 Å². The number of anilines is 2. The first kappa shape index (κ1) is 25.3. The molecule has 1 aliphatic heterocycles. The minimum absolute atomic E-state index is 0.0515. The summed E-state index contributed by atoms with van der Waals surface area (Å²) < 4.78 is 33.4. The predicted molar refractivity (Wildman–Crippen MR) is 136 cm³/mol. The van der Waals surface area contributed by atoms with Gasteiger partial charge < -0.3 is 9.64 Å². The van der Waals surface area contributed by atoms with Crippen molar-refractivity contribution in [3.63, 3.8) is 0 Å². The third kappa shape index (κ3) is 5.73. The monoisotopic (exact) mass is 552 g/mol. The van der Waals surface area contributed by atoms with Crippen LogP contribution >= 0.6 is 34.8 Å². The number of amides is 1. The van der Waals surface area contributed by atoms with Crippen LogP contribution in [0.15, 0.2) is 65.6 Å². The molecular weight excluding hydrogens is 535 g/mol. The first-order chi connectivity index (χ1) is 16.7. The molecule has 1 aliphatic rings. The summed E-state index contributed by atoms with van der Waals surface area (Å²) >= 11 is 18.1. The zero-order valence-electron chi connectivity index (χ0n) is 18.1. The Hall–Kier alpha value is -2.78. The molecule has 3 aromatic carbocycles. The van der Waals surface area contributed by atoms with Crippen LogP contribution < -0.4 is 9.62 Å². The Morgan fingerprint density at radius 2 is 1.71 bits per heavy atom. The number of carbonyl (C=O) groups excluding carboxylic acids is 2. The molecule has 7 nitrogen and oxygen atoms in total. The Labute approximate surface area is 217 Å². The molecule has 11 heteroatoms. The van der Waals surface area contributed by atoms with Crippen molar-refractivity contribution in [1.82, 2.24) is 0 Å². The van der Waals surface area contributed by atoms with E-state index in [0.717, 1.165) is 30.2 Å². The van der Waals surface area contributed by atoms with E-state index in [-0.39, 0.29) is 37.1 Å². The van der Waals surface area contributed by atoms with Crippen LogP contribution in [0.2, 0.25) is 15.1 Å². The van der Waals surface area contributed by atoms with Crippen molar-refractivity contribution in [2.24, 2.45) is 0 Å². The topological polar surface area (TPSA) is 92.8 Å². The molecule has 0 spiro atoms. The van der Waals surface area contributed by atoms with Gasteiger partial charge in [-0.3, -0.25) is 9.52 Å². The maximum Gasteiger partial charge on any atom is 0.338 e. The van der Waals surface area contributed by atoms with Crippen molar-refractivity contribution < 1.29 is 22.7 Å². The van der Waals surface area contributed by atoms with Crippen molar-refractivity contribution >= 4 is 68.1 Å². The van der Waals surface area contributed by atoms with Crippen LogP contribution in [0.3, 0.4) is 0 Å². The Morgan fingerprint density at radius 1 is 0.971 bits per heavy atom. The fourth-order valence-corrected chi connectivity index (χ4v) is 5.68. The summed E-state index contributed by atoms with van der Waals surface area (Å²) in [6, 6.07) is 15.5. The zero-order chi connectivity index (χ0) is 25.2. The summed E-state index contributed by atoms with van der Waals surface area (Å²) in [4.78, 5) is 26.6. The number of nitrogens with zero attached hydrogens (tertiary/aromatic N) is 1. The fourth-order valence-electron chi connectivity index (χ4n) is 3.69. The van der Waals surface area contributed by atoms with E-state index in [1.807, 2.05) is 24.3 Å². The van der Waals surface area contributed by atoms with E-state index in [1.54, 1.807) is 4.90 Å². The van der Waals surface area contributed by atoms with Gasteiger partial charge >= 0.3 is 5.97 Å². The van der Waals surface area contributed by atoms with Gasteiger partial charge in [-0.05, 0) is 60.9 Å². The van der Waals surface area contributed by atoms with Crippen LogP contribution in [-0.2, 0) is 26.0 Å². The third-order valence-electron chi connectivity index (χ3n) is 5.37. The van der Waals surface area contributed by atoms with E-state index >= 15 is 0 Å². The normalized spacial score (nSPS) is 13.2. The van der Waals surface area contributed by atoms with E-state index in [1.165, 1.54) is 30.3 Å². The number of hydrogen-bond donors (Lipinski definition) is 1. The van der Waals surface area contributed by atoms with E-state index < -0.39 is 22.6 Å². The molecule has 35 heavy (non-hydrogen) atoms. The quantitative estimate of drug-likeness (QED) is 0.402. The van der Waals surface area contributed by atoms with Crippen molar-refractivity contribution in [3.05, 3.63) is 86.9 Å². The molecule has 0 radical (unpaired) electrons. The maximum absolute atomic E-state index is 12.9. The lowest BCUT2D eigenvalue weighted by Crippen LogP contribution is -2.38. The Balaban J connectivity index is 1.49. The van der Waals surface area contributed by atoms with Crippen molar-refractivity contribution in [2.75, 3.05) is 22.8 Å². The number of ether oxygens (including phenoxy) is 1. The molecule has 0 atom stereocenters. The molecule has 0 unspecified atom stereocenters. The number of rotatable bonds is 6. The molecule has 1 amide bonds. The van der Waals surface area contributed by atoms with Crippen LogP contribution in [0.5, 0.6) is 0 Å². The average Bonchev–Trinajstić information content (AvgIpc) is 2.84. The van der Waals surface area contributed by atoms with E-state index in [4.69, 9.17) is 39.5 Å². The van der Waals surface area contributed by atoms with Crippen molar-refractivity contribution in [1.29, 1.82) is 0 Å². The van der Waals surface area contributed by atoms with Gasteiger partial charge in [0.05, 0.1) is 21.3 Å². The number of sulfonamides is 1. The highest BCUT2D eigenvalue weighted by Gasteiger charge is 2.25. The first-order valence-corrected chi connectivity index (χ1v) is 13.1. The lowest BCUT2D eigenvalue weighted by molar-refractivity contribution is -0.121. The minimum atomic E-state index is -4.23. The lowest BCUT2D eigenvalue weighted by atomic mass is 10.0. The van der Waals surface area contributed by atoms with Crippen LogP contribution in [0.4, 0.5) is 11.4 Å². The number of esters is 1. The number of benzene rings is 3. The molecule has 0 saturated carbocycles. The number of para-hydroxylation sites is 1. The van der Waals surface area contributed by atoms with Gasteiger partial charge in [-0.2, -0.15) is 0 Å². The van der Waals surface area contributed by atoms with Gasteiger partial charge in [0.2, 0.25) is 0 Å². The molecule has 182 valence electrons. The predicted octanol–water partition coefficient (Wildman–Crippen LogP) is 5.58. The maximum atomic E-state index is 12.9. The average molecular weight is 554 g/mol. The van der Waals surface area contributed by atoms with Crippen LogP contribution in [0.25, 0.3) is 0 Å². The minimum Gasteiger partial charge on any atom is -0.452 e. The molecule has 1 heterocycles. The first-order valence-electron chi connectivity index (χ1n) is 10.5. The van der Waals surface area contributed by atoms with Gasteiger partial charge in [0.1, 0.15) is 4.90 Å². The second kappa shape index (κ2) is 10.5. The van der Waals surface area contributed by atoms with Gasteiger partial charge in [-0.1, -0.05) is 53.0 Å². The second-order valence-corrected chi connectivity index (χ2v) is 10.6. The molecule has 3 aromatic rings. The Bertz CT molecular complexity index is 1410. The van der Waals surface area contributed by atoms with Gasteiger partial charge in [0.15, 0.2) is 6.61 Å². The summed E-state index contributed by atoms with van der Waals surface area (Å²) in [5.41, 5.74) is 1.82. The summed E-state index contributed by atoms with van der Waals surface area (Å²) in [6.07, 6.45) is 1.68. The van der Waals surface area contributed by atoms with Crippen LogP contribution in [-0.4, -0.2) is 33.4 Å². The summed E-state index contributed by atoms with van der Waals surface area (Å²) in [5, 5.41) is 0.284. The van der Waals surface area contributed by atoms with Gasteiger partial charge in [0.25, 0.3) is 15.9 Å². The Morgan fingerprint density at radius 3 is 2.51 bits per heavy atom. The number of fused-ring (bicyclic) bond motifs is 1. The molecule has 4 rings (SSSR count). The fraction of sp³-hybridized carbons (Fsp3) is 0.167. The molecule has 0 aliphatic carbocycles. The standard InChI is InChI=1S/C24H19Cl3N2O5S/c25-17-8-10-18(26)20(13-17)28-35(32,33)22-12-16(7-9-19(22)27)24(31)34-14-23(30)29-11-3-5-15-4-1-2-6-21(15)29/h1-2,4,6-10,12-13,28H,3,5,11,14H2. The Kier molecular flexibility index (Phi) is 7.56. The SMILES string of the molecule is O=C(OCC(=O)N1CCCc2ccccc21)c1ccc(Cl)c(S(=O)(=O)Nc2cc(Cl)ccc2Cl)c1. The summed E-state index contributed by atoms with van der Waals surface area (Å²) in [6.45, 7) is 0.0305. The van der Waals surface area contributed by atoms with Gasteiger partial charge in [-0.25, -0.2) is 13.2 Å². The van der Waals surface area contributed by atoms with Crippen molar-refractivity contribution in [3.8, 4) is 0 Å². The lowest BCUT2D eigenvalue weighted by Gasteiger charge is -2.29. The highest BCUT2D eigenvalue weighted by Crippen LogP contribution is 2.31. The molecule has 0 fully saturated rings. The van der Waals surface area contributed by atoms with Crippen LogP contribution in [0, 0.1) is 0 Å². The highest BCUT2D eigenvalue weighted by atomic mass is 35.5. The van der Waals surface area contributed by atoms with Crippen LogP contribution in [0.1, 0.15) is 22.3 Å². The van der Waals surface area contributed by atoms with E-state index in [0.29, 0.717) is 6.54 Å². The largest absolute Gasteiger partial charge is 0.452 e. The molecule has 0 bridgehead atoms. The number of halogens is 3. The molecule has 0 saturated heterocycles. The molecule has 1 N–H and O–H groups in total. The van der Waals surface area contributed by atoms with Gasteiger partial charge in [0, 0.05) is 17.3 Å². The third-order valence-corrected chi connectivity index (χ3v) is 7.78. The smallest absolute Gasteiger partial charge is 0.338 e. The molecular formula is C24H19Cl3N2O5S. The summed E-state index contributed by atoms with van der Waals surface area (Å²) in [5.74, 6) is -1.23. The second-order valence-electron chi connectivity index (χ2n) is 7.73. The number of hydrogen-bond acceptors (Lipinski definition) is 5. The number of nitrogens with one attached hydrogen (secondary N) is 1. The van der Waals surface area contributed by atoms with E-state index in [9.17, 15) is 18.0 Å². The van der Waals surface area contributed by atoms with E-state index in [2.05, 4.69) is 4.72 Å². The highest BCUT2D eigenvalue weighted by molar-refractivity contribution is 7.92. The number of aryl methyl sites for hydroxylation is 1.